The lowest BCUT2D eigenvalue weighted by Gasteiger charge is -2.10. The molecule has 19 heavy (non-hydrogen) atoms. The summed E-state index contributed by atoms with van der Waals surface area (Å²) in [6.45, 7) is 4.15. The van der Waals surface area contributed by atoms with Crippen LogP contribution in [0.5, 0.6) is 0 Å². The maximum atomic E-state index is 12.3. The fourth-order valence-corrected chi connectivity index (χ4v) is 4.65. The van der Waals surface area contributed by atoms with Crippen LogP contribution >= 0.6 is 35.7 Å². The van der Waals surface area contributed by atoms with Crippen LogP contribution < -0.4 is 0 Å². The Morgan fingerprint density at radius 3 is 2.89 bits per heavy atom. The second-order valence-electron chi connectivity index (χ2n) is 4.21. The molecular weight excluding hydrogens is 294 g/mol. The zero-order chi connectivity index (χ0) is 13.4. The van der Waals surface area contributed by atoms with Crippen LogP contribution in [0.1, 0.15) is 5.56 Å². The summed E-state index contributed by atoms with van der Waals surface area (Å²) in [5, 5.41) is 0. The van der Waals surface area contributed by atoms with Crippen molar-refractivity contribution in [2.75, 3.05) is 6.54 Å². The highest BCUT2D eigenvalue weighted by Crippen LogP contribution is 2.46. The minimum Gasteiger partial charge on any atom is -0.289 e. The summed E-state index contributed by atoms with van der Waals surface area (Å²) < 4.78 is 0.629. The van der Waals surface area contributed by atoms with Crippen LogP contribution in [0.3, 0.4) is 0 Å². The lowest BCUT2D eigenvalue weighted by Crippen LogP contribution is -2.28. The Labute approximate surface area is 125 Å². The number of amides is 1. The Balaban J connectivity index is 1.92. The first kappa shape index (κ1) is 13.0. The number of nitrogens with zero attached hydrogens (tertiary/aromatic N) is 1. The maximum Gasteiger partial charge on any atom is 0.267 e. The van der Waals surface area contributed by atoms with Crippen molar-refractivity contribution in [2.24, 2.45) is 0 Å². The van der Waals surface area contributed by atoms with Crippen molar-refractivity contribution in [3.63, 3.8) is 0 Å². The van der Waals surface area contributed by atoms with Crippen molar-refractivity contribution in [3.05, 3.63) is 52.3 Å². The molecule has 2 aliphatic heterocycles. The van der Waals surface area contributed by atoms with E-state index in [2.05, 4.69) is 18.7 Å². The van der Waals surface area contributed by atoms with Crippen LogP contribution in [0.25, 0.3) is 0 Å². The van der Waals surface area contributed by atoms with E-state index in [4.69, 9.17) is 12.2 Å². The van der Waals surface area contributed by atoms with E-state index in [0.29, 0.717) is 10.9 Å². The van der Waals surface area contributed by atoms with Crippen molar-refractivity contribution >= 4 is 46.0 Å². The topological polar surface area (TPSA) is 20.3 Å². The van der Waals surface area contributed by atoms with Gasteiger partial charge in [-0.15, -0.1) is 6.58 Å². The molecule has 5 heteroatoms. The predicted molar refractivity (Wildman–Crippen MR) is 85.1 cm³/mol. The van der Waals surface area contributed by atoms with Crippen LogP contribution in [0.2, 0.25) is 0 Å². The number of carbonyl (C=O) groups excluding carboxylic acids is 1. The van der Waals surface area contributed by atoms with Gasteiger partial charge in [-0.25, -0.2) is 0 Å². The Morgan fingerprint density at radius 2 is 2.16 bits per heavy atom. The van der Waals surface area contributed by atoms with Crippen molar-refractivity contribution in [1.82, 2.24) is 4.90 Å². The molecule has 2 heterocycles. The first-order chi connectivity index (χ1) is 9.20. The van der Waals surface area contributed by atoms with Crippen LogP contribution in [0.4, 0.5) is 0 Å². The molecule has 0 aromatic heterocycles. The zero-order valence-corrected chi connectivity index (χ0v) is 12.5. The van der Waals surface area contributed by atoms with Crippen LogP contribution in [-0.4, -0.2) is 21.7 Å². The van der Waals surface area contributed by atoms with Gasteiger partial charge in [0.15, 0.2) is 0 Å². The van der Waals surface area contributed by atoms with Gasteiger partial charge < -0.3 is 0 Å². The molecule has 2 aliphatic rings. The van der Waals surface area contributed by atoms with Gasteiger partial charge in [-0.05, 0) is 11.6 Å². The molecule has 2 nitrogen and oxygen atoms in total. The average molecular weight is 305 g/mol. The monoisotopic (exact) mass is 305 g/mol. The summed E-state index contributed by atoms with van der Waals surface area (Å²) in [6.07, 6.45) is 2.54. The minimum absolute atomic E-state index is 0.0187. The van der Waals surface area contributed by atoms with E-state index in [0.717, 1.165) is 16.2 Å². The smallest absolute Gasteiger partial charge is 0.267 e. The number of thiocarbonyl (C=S) groups is 1. The van der Waals surface area contributed by atoms with Crippen molar-refractivity contribution in [1.29, 1.82) is 0 Å². The third kappa shape index (κ3) is 2.26. The van der Waals surface area contributed by atoms with E-state index in [1.54, 1.807) is 22.7 Å². The van der Waals surface area contributed by atoms with Crippen LogP contribution in [0.15, 0.2) is 51.6 Å². The SMILES string of the molecule is C=CCN1C(=O)/C(=C2\Cc3ccccc3S2)SC1=S. The van der Waals surface area contributed by atoms with Crippen LogP contribution in [-0.2, 0) is 11.2 Å². The molecule has 1 aromatic rings. The fourth-order valence-electron chi connectivity index (χ4n) is 2.07. The van der Waals surface area contributed by atoms with Gasteiger partial charge in [0.2, 0.25) is 0 Å². The quantitative estimate of drug-likeness (QED) is 0.472. The second-order valence-corrected chi connectivity index (χ2v) is 6.99. The first-order valence-electron chi connectivity index (χ1n) is 5.84. The second kappa shape index (κ2) is 5.15. The third-order valence-electron chi connectivity index (χ3n) is 2.97. The molecule has 0 radical (unpaired) electrons. The molecule has 1 fully saturated rings. The van der Waals surface area contributed by atoms with E-state index < -0.39 is 0 Å². The molecule has 0 bridgehead atoms. The molecule has 0 saturated carbocycles. The number of hydrogen-bond donors (Lipinski definition) is 0. The third-order valence-corrected chi connectivity index (χ3v) is 5.80. The Hall–Kier alpha value is -1.04. The summed E-state index contributed by atoms with van der Waals surface area (Å²) >= 11 is 8.35. The van der Waals surface area contributed by atoms with Gasteiger partial charge in [-0.3, -0.25) is 9.69 Å². The summed E-state index contributed by atoms with van der Waals surface area (Å²) in [7, 11) is 0. The zero-order valence-electron chi connectivity index (χ0n) is 10.1. The lowest BCUT2D eigenvalue weighted by atomic mass is 10.1. The molecule has 3 rings (SSSR count). The largest absolute Gasteiger partial charge is 0.289 e. The molecule has 0 N–H and O–H groups in total. The van der Waals surface area contributed by atoms with Crippen molar-refractivity contribution < 1.29 is 4.79 Å². The van der Waals surface area contributed by atoms with Crippen molar-refractivity contribution in [3.8, 4) is 0 Å². The van der Waals surface area contributed by atoms with E-state index in [9.17, 15) is 4.79 Å². The Morgan fingerprint density at radius 1 is 1.37 bits per heavy atom. The van der Waals surface area contributed by atoms with Gasteiger partial charge in [-0.2, -0.15) is 0 Å². The molecule has 96 valence electrons. The number of rotatable bonds is 2. The molecule has 1 amide bonds. The Bertz CT molecular complexity index is 594. The molecular formula is C14H11NOS3. The first-order valence-corrected chi connectivity index (χ1v) is 7.88. The van der Waals surface area contributed by atoms with Gasteiger partial charge in [0.05, 0.1) is 4.91 Å². The molecule has 0 aliphatic carbocycles. The number of fused-ring (bicyclic) bond motifs is 1. The normalized spacial score (nSPS) is 22.0. The van der Waals surface area contributed by atoms with E-state index in [1.807, 2.05) is 12.1 Å². The predicted octanol–water partition coefficient (Wildman–Crippen LogP) is 3.59. The highest BCUT2D eigenvalue weighted by atomic mass is 32.2. The van der Waals surface area contributed by atoms with Gasteiger partial charge in [0, 0.05) is 22.8 Å². The summed E-state index contributed by atoms with van der Waals surface area (Å²) in [5.41, 5.74) is 1.29. The van der Waals surface area contributed by atoms with Crippen LogP contribution in [0, 0.1) is 0 Å². The Kier molecular flexibility index (Phi) is 3.52. The highest BCUT2D eigenvalue weighted by Gasteiger charge is 2.35. The van der Waals surface area contributed by atoms with Crippen molar-refractivity contribution in [2.45, 2.75) is 11.3 Å². The lowest BCUT2D eigenvalue weighted by molar-refractivity contribution is -0.121. The van der Waals surface area contributed by atoms with Gasteiger partial charge in [0.25, 0.3) is 5.91 Å². The van der Waals surface area contributed by atoms with E-state index in [-0.39, 0.29) is 5.91 Å². The molecule has 1 aromatic carbocycles. The fraction of sp³-hybridized carbons (Fsp3) is 0.143. The highest BCUT2D eigenvalue weighted by molar-refractivity contribution is 8.27. The van der Waals surface area contributed by atoms with E-state index in [1.165, 1.54) is 22.2 Å². The van der Waals surface area contributed by atoms with Gasteiger partial charge >= 0.3 is 0 Å². The number of thioether (sulfide) groups is 2. The summed E-state index contributed by atoms with van der Waals surface area (Å²) in [5.74, 6) is 0.0187. The molecule has 0 unspecified atom stereocenters. The number of carbonyl (C=O) groups is 1. The van der Waals surface area contributed by atoms with Gasteiger partial charge in [-0.1, -0.05) is 60.0 Å². The standard InChI is InChI=1S/C14H11NOS3/c1-2-7-15-13(16)12(19-14(15)17)11-8-9-5-3-4-6-10(9)18-11/h2-6H,1,7-8H2/b12-11-. The van der Waals surface area contributed by atoms with Gasteiger partial charge in [0.1, 0.15) is 4.32 Å². The summed E-state index contributed by atoms with van der Waals surface area (Å²) in [4.78, 5) is 17.1. The summed E-state index contributed by atoms with van der Waals surface area (Å²) in [6, 6.07) is 8.26. The minimum atomic E-state index is 0.0187. The number of allylic oxidation sites excluding steroid dienone is 1. The molecule has 0 spiro atoms. The molecule has 1 saturated heterocycles. The number of benzene rings is 1. The molecule has 0 atom stereocenters. The maximum absolute atomic E-state index is 12.3. The average Bonchev–Trinajstić information content (AvgIpc) is 2.94. The van der Waals surface area contributed by atoms with E-state index >= 15 is 0 Å². The number of hydrogen-bond acceptors (Lipinski definition) is 4.